The second-order valence-electron chi connectivity index (χ2n) is 4.30. The molecule has 0 aromatic carbocycles. The zero-order chi connectivity index (χ0) is 12.6. The highest BCUT2D eigenvalue weighted by Crippen LogP contribution is 2.09. The van der Waals surface area contributed by atoms with Crippen LogP contribution in [0, 0.1) is 0 Å². The average molecular weight is 251 g/mol. The highest BCUT2D eigenvalue weighted by Gasteiger charge is 2.24. The topological polar surface area (TPSA) is 67.8 Å². The molecular formula is C10H21NO4S. The number of carbonyl (C=O) groups is 1. The lowest BCUT2D eigenvalue weighted by Crippen LogP contribution is -2.49. The van der Waals surface area contributed by atoms with Gasteiger partial charge in [-0.1, -0.05) is 0 Å². The van der Waals surface area contributed by atoms with Gasteiger partial charge in [-0.05, 0) is 32.8 Å². The van der Waals surface area contributed by atoms with Crippen molar-refractivity contribution in [1.82, 2.24) is 5.32 Å². The molecule has 0 saturated heterocycles. The molecule has 6 heteroatoms. The zero-order valence-electron chi connectivity index (χ0n) is 10.3. The number of nitrogens with one attached hydrogen (secondary N) is 1. The number of aliphatic hydroxyl groups is 1. The fourth-order valence-corrected chi connectivity index (χ4v) is 1.69. The number of esters is 1. The molecular weight excluding hydrogens is 230 g/mol. The van der Waals surface area contributed by atoms with Crippen LogP contribution in [-0.2, 0) is 13.7 Å². The van der Waals surface area contributed by atoms with Gasteiger partial charge in [0.15, 0.2) is 0 Å². The highest BCUT2D eigenvalue weighted by atomic mass is 32.2. The Bertz CT molecular complexity index is 205. The minimum atomic E-state index is -0.409. The van der Waals surface area contributed by atoms with Gasteiger partial charge in [0, 0.05) is 11.3 Å². The fourth-order valence-electron chi connectivity index (χ4n) is 1.05. The van der Waals surface area contributed by atoms with Crippen LogP contribution < -0.4 is 5.32 Å². The van der Waals surface area contributed by atoms with Crippen LogP contribution in [0.4, 0.5) is 0 Å². The van der Waals surface area contributed by atoms with E-state index < -0.39 is 6.04 Å². The maximum absolute atomic E-state index is 11.5. The molecule has 1 atom stereocenters. The summed E-state index contributed by atoms with van der Waals surface area (Å²) in [6.45, 7) is 6.16. The quantitative estimate of drug-likeness (QED) is 0.392. The van der Waals surface area contributed by atoms with E-state index in [1.807, 2.05) is 20.8 Å². The Morgan fingerprint density at radius 1 is 1.50 bits per heavy atom. The predicted molar refractivity (Wildman–Crippen MR) is 64.2 cm³/mol. The largest absolute Gasteiger partial charge is 0.468 e. The third kappa shape index (κ3) is 7.92. The van der Waals surface area contributed by atoms with Gasteiger partial charge >= 0.3 is 5.97 Å². The van der Waals surface area contributed by atoms with Gasteiger partial charge in [-0.3, -0.25) is 10.1 Å². The monoisotopic (exact) mass is 251 g/mol. The minimum absolute atomic E-state index is 0.0252. The Balaban J connectivity index is 4.06. The van der Waals surface area contributed by atoms with E-state index in [9.17, 15) is 4.79 Å². The summed E-state index contributed by atoms with van der Waals surface area (Å²) in [6.07, 6.45) is 0. The molecule has 5 nitrogen and oxygen atoms in total. The van der Waals surface area contributed by atoms with Gasteiger partial charge in [-0.2, -0.15) is 0 Å². The van der Waals surface area contributed by atoms with Crippen LogP contribution in [0.3, 0.4) is 0 Å². The van der Waals surface area contributed by atoms with Crippen LogP contribution in [0.2, 0.25) is 0 Å². The first-order valence-corrected chi connectivity index (χ1v) is 6.02. The molecule has 0 aliphatic heterocycles. The van der Waals surface area contributed by atoms with Gasteiger partial charge in [0.25, 0.3) is 0 Å². The first-order chi connectivity index (χ1) is 7.40. The van der Waals surface area contributed by atoms with E-state index in [0.717, 1.165) is 12.0 Å². The molecule has 0 aromatic heterocycles. The van der Waals surface area contributed by atoms with E-state index in [4.69, 9.17) is 14.0 Å². The Labute approximate surface area is 101 Å². The number of rotatable bonds is 7. The van der Waals surface area contributed by atoms with Gasteiger partial charge < -0.3 is 14.0 Å². The Morgan fingerprint density at radius 3 is 2.56 bits per heavy atom. The number of ether oxygens (including phenoxy) is 1. The fraction of sp³-hybridized carbons (Fsp3) is 0.900. The van der Waals surface area contributed by atoms with E-state index >= 15 is 0 Å². The molecule has 0 rings (SSSR count). The third-order valence-electron chi connectivity index (χ3n) is 1.59. The van der Waals surface area contributed by atoms with Crippen molar-refractivity contribution in [3.63, 3.8) is 0 Å². The van der Waals surface area contributed by atoms with E-state index in [0.29, 0.717) is 5.75 Å². The van der Waals surface area contributed by atoms with Crippen molar-refractivity contribution in [2.45, 2.75) is 32.4 Å². The van der Waals surface area contributed by atoms with Gasteiger partial charge in [-0.15, -0.1) is 0 Å². The molecule has 1 unspecified atom stereocenters. The van der Waals surface area contributed by atoms with Crippen molar-refractivity contribution in [1.29, 1.82) is 0 Å². The molecule has 0 aliphatic carbocycles. The molecule has 0 heterocycles. The van der Waals surface area contributed by atoms with Crippen LogP contribution in [0.25, 0.3) is 0 Å². The number of hydrogen-bond acceptors (Lipinski definition) is 6. The normalized spacial score (nSPS) is 13.6. The van der Waals surface area contributed by atoms with Gasteiger partial charge in [0.05, 0.1) is 20.3 Å². The Hall–Kier alpha value is -0.300. The molecule has 0 saturated carbocycles. The van der Waals surface area contributed by atoms with Crippen LogP contribution in [0.5, 0.6) is 0 Å². The summed E-state index contributed by atoms with van der Waals surface area (Å²) in [5, 5.41) is 11.7. The van der Waals surface area contributed by atoms with Gasteiger partial charge in [-0.25, -0.2) is 0 Å². The lowest BCUT2D eigenvalue weighted by Gasteiger charge is -2.26. The van der Waals surface area contributed by atoms with Crippen LogP contribution >= 0.6 is 12.0 Å². The Kier molecular flexibility index (Phi) is 7.74. The summed E-state index contributed by atoms with van der Waals surface area (Å²) in [7, 11) is 1.36. The number of carbonyl (C=O) groups excluding carboxylic acids is 1. The number of aliphatic hydroxyl groups excluding tert-OH is 1. The van der Waals surface area contributed by atoms with Crippen molar-refractivity contribution >= 4 is 18.0 Å². The summed E-state index contributed by atoms with van der Waals surface area (Å²) >= 11 is 1.15. The summed E-state index contributed by atoms with van der Waals surface area (Å²) in [6, 6.07) is -0.409. The number of methoxy groups -OCH3 is 1. The van der Waals surface area contributed by atoms with Crippen molar-refractivity contribution in [2.75, 3.05) is 26.1 Å². The first-order valence-electron chi connectivity index (χ1n) is 5.11. The lowest BCUT2D eigenvalue weighted by molar-refractivity contribution is -0.143. The third-order valence-corrected chi connectivity index (χ3v) is 2.39. The smallest absolute Gasteiger partial charge is 0.323 e. The molecule has 96 valence electrons. The van der Waals surface area contributed by atoms with Gasteiger partial charge in [0.2, 0.25) is 0 Å². The second-order valence-corrected chi connectivity index (χ2v) is 5.10. The highest BCUT2D eigenvalue weighted by molar-refractivity contribution is 7.94. The first kappa shape index (κ1) is 15.7. The molecule has 0 radical (unpaired) electrons. The molecule has 16 heavy (non-hydrogen) atoms. The number of hydrogen-bond donors (Lipinski definition) is 2. The van der Waals surface area contributed by atoms with E-state index in [-0.39, 0.29) is 24.7 Å². The van der Waals surface area contributed by atoms with E-state index in [2.05, 4.69) is 5.32 Å². The van der Waals surface area contributed by atoms with Crippen molar-refractivity contribution in [2.24, 2.45) is 0 Å². The predicted octanol–water partition coefficient (Wildman–Crippen LogP) is 0.573. The molecule has 0 bridgehead atoms. The summed E-state index contributed by atoms with van der Waals surface area (Å²) in [5.41, 5.74) is -0.170. The molecule has 0 amide bonds. The molecule has 0 fully saturated rings. The minimum Gasteiger partial charge on any atom is -0.468 e. The SMILES string of the molecule is COC(=O)C(CSOCCO)NC(C)(C)C. The molecule has 0 spiro atoms. The maximum Gasteiger partial charge on any atom is 0.323 e. The van der Waals surface area contributed by atoms with Crippen molar-refractivity contribution in [3.8, 4) is 0 Å². The summed E-state index contributed by atoms with van der Waals surface area (Å²) in [5.74, 6) is 0.138. The molecule has 0 aromatic rings. The van der Waals surface area contributed by atoms with Crippen LogP contribution in [0.15, 0.2) is 0 Å². The van der Waals surface area contributed by atoms with E-state index in [1.165, 1.54) is 7.11 Å². The van der Waals surface area contributed by atoms with Crippen molar-refractivity contribution < 1.29 is 18.8 Å². The van der Waals surface area contributed by atoms with Crippen LogP contribution in [-0.4, -0.2) is 48.7 Å². The molecule has 2 N–H and O–H groups in total. The zero-order valence-corrected chi connectivity index (χ0v) is 11.1. The Morgan fingerprint density at radius 2 is 2.12 bits per heavy atom. The summed E-state index contributed by atoms with van der Waals surface area (Å²) in [4.78, 5) is 11.5. The maximum atomic E-state index is 11.5. The second kappa shape index (κ2) is 7.89. The van der Waals surface area contributed by atoms with Crippen molar-refractivity contribution in [3.05, 3.63) is 0 Å². The van der Waals surface area contributed by atoms with Gasteiger partial charge in [0.1, 0.15) is 6.04 Å². The van der Waals surface area contributed by atoms with E-state index in [1.54, 1.807) is 0 Å². The van der Waals surface area contributed by atoms with Crippen LogP contribution in [0.1, 0.15) is 20.8 Å². The average Bonchev–Trinajstić information content (AvgIpc) is 2.19. The molecule has 0 aliphatic rings. The standard InChI is InChI=1S/C10H21NO4S/c1-10(2,3)11-8(9(13)14-4)7-16-15-6-5-12/h8,11-12H,5-7H2,1-4H3. The lowest BCUT2D eigenvalue weighted by atomic mass is 10.1. The summed E-state index contributed by atoms with van der Waals surface area (Å²) < 4.78 is 9.74.